The molecular weight excluding hydrogens is 268 g/mol. The van der Waals surface area contributed by atoms with Gasteiger partial charge in [0, 0.05) is 0 Å². The van der Waals surface area contributed by atoms with E-state index in [1.54, 1.807) is 0 Å². The monoisotopic (exact) mass is 292 g/mol. The fourth-order valence-electron chi connectivity index (χ4n) is 2.61. The van der Waals surface area contributed by atoms with Gasteiger partial charge in [0.05, 0.1) is 37.9 Å². The molecule has 0 spiro atoms. The zero-order chi connectivity index (χ0) is 15.3. The lowest BCUT2D eigenvalue weighted by Gasteiger charge is -2.37. The second kappa shape index (κ2) is 7.05. The third kappa shape index (κ3) is 4.05. The Bertz CT molecular complexity index is 447. The highest BCUT2D eigenvalue weighted by Gasteiger charge is 2.41. The van der Waals surface area contributed by atoms with Gasteiger partial charge >= 0.3 is 5.97 Å². The smallest absolute Gasteiger partial charge is 0.313 e. The Balaban J connectivity index is 1.79. The largest absolute Gasteiger partial charge is 0.469 e. The lowest BCUT2D eigenvalue weighted by molar-refractivity contribution is -0.170. The van der Waals surface area contributed by atoms with Crippen LogP contribution in [0, 0.1) is 5.41 Å². The zero-order valence-corrected chi connectivity index (χ0v) is 13.0. The van der Waals surface area contributed by atoms with Gasteiger partial charge in [0.25, 0.3) is 0 Å². The average Bonchev–Trinajstić information content (AvgIpc) is 2.53. The van der Waals surface area contributed by atoms with Gasteiger partial charge in [-0.05, 0) is 32.3 Å². The minimum absolute atomic E-state index is 0.0925. The molecule has 1 aromatic carbocycles. The van der Waals surface area contributed by atoms with E-state index in [-0.39, 0.29) is 18.2 Å². The molecule has 1 aliphatic heterocycles. The first-order chi connectivity index (χ1) is 10.0. The van der Waals surface area contributed by atoms with Crippen LogP contribution >= 0.6 is 0 Å². The summed E-state index contributed by atoms with van der Waals surface area (Å²) < 4.78 is 16.6. The van der Waals surface area contributed by atoms with Crippen LogP contribution in [0.5, 0.6) is 0 Å². The summed E-state index contributed by atoms with van der Waals surface area (Å²) in [5, 5.41) is 0. The highest BCUT2D eigenvalue weighted by Crippen LogP contribution is 2.32. The molecule has 0 unspecified atom stereocenters. The van der Waals surface area contributed by atoms with E-state index in [0.717, 1.165) is 18.4 Å². The molecule has 116 valence electrons. The van der Waals surface area contributed by atoms with Gasteiger partial charge in [-0.15, -0.1) is 0 Å². The van der Waals surface area contributed by atoms with Gasteiger partial charge in [0.1, 0.15) is 0 Å². The van der Waals surface area contributed by atoms with Crippen molar-refractivity contribution in [2.45, 2.75) is 45.5 Å². The molecule has 1 fully saturated rings. The van der Waals surface area contributed by atoms with Crippen molar-refractivity contribution in [1.82, 2.24) is 0 Å². The van der Waals surface area contributed by atoms with E-state index in [1.165, 1.54) is 7.11 Å². The number of ether oxygens (including phenoxy) is 3. The summed E-state index contributed by atoms with van der Waals surface area (Å²) in [6, 6.07) is 10.1. The van der Waals surface area contributed by atoms with Crippen molar-refractivity contribution in [2.75, 3.05) is 13.7 Å². The molecule has 4 heteroatoms. The lowest BCUT2D eigenvalue weighted by atomic mass is 9.82. The van der Waals surface area contributed by atoms with E-state index >= 15 is 0 Å². The highest BCUT2D eigenvalue weighted by atomic mass is 16.5. The molecule has 0 bridgehead atoms. The Morgan fingerprint density at radius 1 is 1.29 bits per heavy atom. The Hall–Kier alpha value is -1.39. The van der Waals surface area contributed by atoms with Crippen molar-refractivity contribution in [1.29, 1.82) is 0 Å². The standard InChI is InChI=1S/C17H24O4/c1-17(2,16(18)19-3)15-10-9-14(12-21-15)20-11-13-7-5-4-6-8-13/h4-8,14-15H,9-12H2,1-3H3/t14-,15+/m1/s1. The fourth-order valence-corrected chi connectivity index (χ4v) is 2.61. The SMILES string of the molecule is COC(=O)C(C)(C)[C@@H]1CC[C@@H](OCc2ccccc2)CO1. The number of benzene rings is 1. The first-order valence-electron chi connectivity index (χ1n) is 7.39. The van der Waals surface area contributed by atoms with Crippen molar-refractivity contribution < 1.29 is 19.0 Å². The quantitative estimate of drug-likeness (QED) is 0.783. The molecule has 1 aromatic rings. The summed E-state index contributed by atoms with van der Waals surface area (Å²) in [4.78, 5) is 11.8. The van der Waals surface area contributed by atoms with Gasteiger partial charge in [0.2, 0.25) is 0 Å². The molecule has 21 heavy (non-hydrogen) atoms. The predicted molar refractivity (Wildman–Crippen MR) is 79.8 cm³/mol. The number of carbonyl (C=O) groups excluding carboxylic acids is 1. The Morgan fingerprint density at radius 2 is 2.00 bits per heavy atom. The normalized spacial score (nSPS) is 22.8. The summed E-state index contributed by atoms with van der Waals surface area (Å²) in [5.41, 5.74) is 0.550. The van der Waals surface area contributed by atoms with Crippen LogP contribution in [0.3, 0.4) is 0 Å². The summed E-state index contributed by atoms with van der Waals surface area (Å²) in [6.07, 6.45) is 1.69. The van der Waals surface area contributed by atoms with Gasteiger partial charge in [-0.3, -0.25) is 4.79 Å². The molecule has 0 aromatic heterocycles. The van der Waals surface area contributed by atoms with Crippen LogP contribution in [-0.4, -0.2) is 31.9 Å². The van der Waals surface area contributed by atoms with Crippen LogP contribution in [0.1, 0.15) is 32.3 Å². The molecule has 0 saturated carbocycles. The van der Waals surface area contributed by atoms with Crippen LogP contribution in [-0.2, 0) is 25.6 Å². The van der Waals surface area contributed by atoms with Crippen molar-refractivity contribution in [3.63, 3.8) is 0 Å². The number of hydrogen-bond donors (Lipinski definition) is 0. The topological polar surface area (TPSA) is 44.8 Å². The molecule has 0 aliphatic carbocycles. The molecule has 0 radical (unpaired) electrons. The average molecular weight is 292 g/mol. The van der Waals surface area contributed by atoms with Gasteiger partial charge in [0.15, 0.2) is 0 Å². The molecular formula is C17H24O4. The second-order valence-corrected chi connectivity index (χ2v) is 6.03. The van der Waals surface area contributed by atoms with E-state index < -0.39 is 5.41 Å². The van der Waals surface area contributed by atoms with E-state index in [9.17, 15) is 4.79 Å². The van der Waals surface area contributed by atoms with Crippen molar-refractivity contribution in [3.8, 4) is 0 Å². The summed E-state index contributed by atoms with van der Waals surface area (Å²) >= 11 is 0. The fraction of sp³-hybridized carbons (Fsp3) is 0.588. The number of esters is 1. The van der Waals surface area contributed by atoms with Crippen LogP contribution in [0.2, 0.25) is 0 Å². The number of methoxy groups -OCH3 is 1. The van der Waals surface area contributed by atoms with Gasteiger partial charge < -0.3 is 14.2 Å². The maximum Gasteiger partial charge on any atom is 0.313 e. The Kier molecular flexibility index (Phi) is 5.37. The van der Waals surface area contributed by atoms with Crippen molar-refractivity contribution >= 4 is 5.97 Å². The first kappa shape index (κ1) is 16.0. The van der Waals surface area contributed by atoms with Crippen LogP contribution in [0.4, 0.5) is 0 Å². The minimum Gasteiger partial charge on any atom is -0.469 e. The molecule has 1 heterocycles. The molecule has 4 nitrogen and oxygen atoms in total. The summed E-state index contributed by atoms with van der Waals surface area (Å²) in [5.74, 6) is -0.226. The second-order valence-electron chi connectivity index (χ2n) is 6.03. The van der Waals surface area contributed by atoms with E-state index in [0.29, 0.717) is 13.2 Å². The molecule has 2 atom stereocenters. The third-order valence-corrected chi connectivity index (χ3v) is 4.08. The number of rotatable bonds is 5. The molecule has 1 aliphatic rings. The van der Waals surface area contributed by atoms with Crippen molar-refractivity contribution in [3.05, 3.63) is 35.9 Å². The number of hydrogen-bond acceptors (Lipinski definition) is 4. The van der Waals surface area contributed by atoms with Crippen LogP contribution in [0.15, 0.2) is 30.3 Å². The van der Waals surface area contributed by atoms with Gasteiger partial charge in [-0.1, -0.05) is 30.3 Å². The molecule has 1 saturated heterocycles. The third-order valence-electron chi connectivity index (χ3n) is 4.08. The Morgan fingerprint density at radius 3 is 2.57 bits per heavy atom. The predicted octanol–water partition coefficient (Wildman–Crippen LogP) is 2.95. The molecule has 2 rings (SSSR count). The zero-order valence-electron chi connectivity index (χ0n) is 13.0. The van der Waals surface area contributed by atoms with Crippen LogP contribution in [0.25, 0.3) is 0 Å². The maximum absolute atomic E-state index is 11.8. The van der Waals surface area contributed by atoms with Gasteiger partial charge in [-0.2, -0.15) is 0 Å². The molecule has 0 N–H and O–H groups in total. The lowest BCUT2D eigenvalue weighted by Crippen LogP contribution is -2.44. The summed E-state index contributed by atoms with van der Waals surface area (Å²) in [7, 11) is 1.42. The summed E-state index contributed by atoms with van der Waals surface area (Å²) in [6.45, 7) is 4.86. The first-order valence-corrected chi connectivity index (χ1v) is 7.39. The van der Waals surface area contributed by atoms with E-state index in [2.05, 4.69) is 0 Å². The highest BCUT2D eigenvalue weighted by molar-refractivity contribution is 5.76. The van der Waals surface area contributed by atoms with E-state index in [1.807, 2.05) is 44.2 Å². The number of carbonyl (C=O) groups is 1. The molecule has 0 amide bonds. The van der Waals surface area contributed by atoms with E-state index in [4.69, 9.17) is 14.2 Å². The maximum atomic E-state index is 11.8. The minimum atomic E-state index is -0.612. The van der Waals surface area contributed by atoms with Gasteiger partial charge in [-0.25, -0.2) is 0 Å². The van der Waals surface area contributed by atoms with Crippen molar-refractivity contribution in [2.24, 2.45) is 5.41 Å². The Labute approximate surface area is 126 Å². The van der Waals surface area contributed by atoms with Crippen LogP contribution < -0.4 is 0 Å².